The Morgan fingerprint density at radius 3 is 2.62 bits per heavy atom. The van der Waals surface area contributed by atoms with Crippen molar-refractivity contribution in [1.29, 1.82) is 0 Å². The van der Waals surface area contributed by atoms with Crippen LogP contribution in [-0.4, -0.2) is 13.0 Å². The van der Waals surface area contributed by atoms with Crippen LogP contribution in [0.4, 0.5) is 11.4 Å². The number of hydrogen-bond acceptors (Lipinski definition) is 4. The third-order valence-electron chi connectivity index (χ3n) is 3.08. The standard InChI is InChI=1S/C14H17N3O3S/c1-3-17-9-12(6-7-14(17)18)16-21(19,20)13-8-11(15)5-4-10(13)2/h4-9,16H,3,15H2,1-2H3. The molecule has 0 unspecified atom stereocenters. The number of nitrogens with one attached hydrogen (secondary N) is 1. The van der Waals surface area contributed by atoms with Crippen molar-refractivity contribution in [2.24, 2.45) is 0 Å². The maximum Gasteiger partial charge on any atom is 0.262 e. The molecular weight excluding hydrogens is 290 g/mol. The first-order valence-corrected chi connectivity index (χ1v) is 7.91. The van der Waals surface area contributed by atoms with Crippen molar-refractivity contribution < 1.29 is 8.42 Å². The van der Waals surface area contributed by atoms with Gasteiger partial charge in [-0.15, -0.1) is 0 Å². The lowest BCUT2D eigenvalue weighted by Gasteiger charge is -2.12. The SMILES string of the molecule is CCn1cc(NS(=O)(=O)c2cc(N)ccc2C)ccc1=O. The average Bonchev–Trinajstić information content (AvgIpc) is 2.43. The maximum atomic E-state index is 12.4. The molecule has 0 saturated heterocycles. The number of nitrogens with zero attached hydrogens (tertiary/aromatic N) is 1. The predicted octanol–water partition coefficient (Wildman–Crippen LogP) is 1.56. The van der Waals surface area contributed by atoms with E-state index in [4.69, 9.17) is 5.73 Å². The van der Waals surface area contributed by atoms with Gasteiger partial charge in [0, 0.05) is 24.5 Å². The quantitative estimate of drug-likeness (QED) is 0.838. The summed E-state index contributed by atoms with van der Waals surface area (Å²) in [7, 11) is -3.75. The number of anilines is 2. The molecule has 0 atom stereocenters. The van der Waals surface area contributed by atoms with Crippen LogP contribution in [0.2, 0.25) is 0 Å². The smallest absolute Gasteiger partial charge is 0.262 e. The lowest BCUT2D eigenvalue weighted by atomic mass is 10.2. The molecule has 0 amide bonds. The van der Waals surface area contributed by atoms with Gasteiger partial charge in [0.05, 0.1) is 10.6 Å². The van der Waals surface area contributed by atoms with Crippen LogP contribution >= 0.6 is 0 Å². The number of pyridine rings is 1. The van der Waals surface area contributed by atoms with Crippen LogP contribution in [0, 0.1) is 6.92 Å². The third-order valence-corrected chi connectivity index (χ3v) is 4.60. The van der Waals surface area contributed by atoms with Crippen molar-refractivity contribution in [3.63, 3.8) is 0 Å². The predicted molar refractivity (Wildman–Crippen MR) is 82.8 cm³/mol. The fourth-order valence-corrected chi connectivity index (χ4v) is 3.28. The highest BCUT2D eigenvalue weighted by Gasteiger charge is 2.17. The summed E-state index contributed by atoms with van der Waals surface area (Å²) < 4.78 is 28.7. The minimum absolute atomic E-state index is 0.122. The number of nitrogen functional groups attached to an aromatic ring is 1. The van der Waals surface area contributed by atoms with Gasteiger partial charge in [0.15, 0.2) is 0 Å². The second kappa shape index (κ2) is 5.61. The molecule has 0 spiro atoms. The highest BCUT2D eigenvalue weighted by molar-refractivity contribution is 7.92. The van der Waals surface area contributed by atoms with E-state index in [0.717, 1.165) is 0 Å². The fraction of sp³-hybridized carbons (Fsp3) is 0.214. The van der Waals surface area contributed by atoms with Crippen molar-refractivity contribution in [2.45, 2.75) is 25.3 Å². The molecule has 112 valence electrons. The van der Waals surface area contributed by atoms with Gasteiger partial charge >= 0.3 is 0 Å². The number of benzene rings is 1. The van der Waals surface area contributed by atoms with Gasteiger partial charge in [0.1, 0.15) is 0 Å². The summed E-state index contributed by atoms with van der Waals surface area (Å²) in [6, 6.07) is 7.47. The Hall–Kier alpha value is -2.28. The molecule has 21 heavy (non-hydrogen) atoms. The van der Waals surface area contributed by atoms with E-state index in [-0.39, 0.29) is 10.5 Å². The molecular formula is C14H17N3O3S. The second-order valence-corrected chi connectivity index (χ2v) is 6.32. The molecule has 3 N–H and O–H groups in total. The molecule has 0 bridgehead atoms. The van der Waals surface area contributed by atoms with E-state index in [2.05, 4.69) is 4.72 Å². The van der Waals surface area contributed by atoms with Crippen LogP contribution < -0.4 is 16.0 Å². The zero-order valence-corrected chi connectivity index (χ0v) is 12.6. The van der Waals surface area contributed by atoms with Crippen LogP contribution in [0.3, 0.4) is 0 Å². The molecule has 7 heteroatoms. The van der Waals surface area contributed by atoms with Crippen LogP contribution in [0.15, 0.2) is 46.2 Å². The summed E-state index contributed by atoms with van der Waals surface area (Å²) in [6.07, 6.45) is 1.47. The van der Waals surface area contributed by atoms with Crippen molar-refractivity contribution >= 4 is 21.4 Å². The molecule has 1 aromatic carbocycles. The maximum absolute atomic E-state index is 12.4. The summed E-state index contributed by atoms with van der Waals surface area (Å²) >= 11 is 0. The van der Waals surface area contributed by atoms with Crippen LogP contribution in [-0.2, 0) is 16.6 Å². The van der Waals surface area contributed by atoms with Crippen molar-refractivity contribution in [1.82, 2.24) is 4.57 Å². The number of aromatic nitrogens is 1. The molecule has 0 aliphatic carbocycles. The van der Waals surface area contributed by atoms with Gasteiger partial charge in [-0.3, -0.25) is 9.52 Å². The van der Waals surface area contributed by atoms with Gasteiger partial charge < -0.3 is 10.3 Å². The first-order valence-electron chi connectivity index (χ1n) is 6.43. The number of rotatable bonds is 4. The number of aryl methyl sites for hydroxylation is 2. The van der Waals surface area contributed by atoms with E-state index in [1.54, 1.807) is 19.1 Å². The first kappa shape index (κ1) is 15.1. The molecule has 0 aliphatic rings. The molecule has 2 aromatic rings. The summed E-state index contributed by atoms with van der Waals surface area (Å²) in [5.74, 6) is 0. The van der Waals surface area contributed by atoms with E-state index in [1.807, 2.05) is 6.92 Å². The highest BCUT2D eigenvalue weighted by Crippen LogP contribution is 2.21. The van der Waals surface area contributed by atoms with Gasteiger partial charge in [0.2, 0.25) is 0 Å². The third kappa shape index (κ3) is 3.25. The molecule has 0 saturated carbocycles. The zero-order chi connectivity index (χ0) is 15.6. The molecule has 2 rings (SSSR count). The summed E-state index contributed by atoms with van der Waals surface area (Å²) in [6.45, 7) is 3.97. The Labute approximate surface area is 123 Å². The Morgan fingerprint density at radius 2 is 1.95 bits per heavy atom. The van der Waals surface area contributed by atoms with Crippen molar-refractivity contribution in [3.05, 3.63) is 52.4 Å². The molecule has 0 fully saturated rings. The minimum atomic E-state index is -3.75. The number of nitrogens with two attached hydrogens (primary N) is 1. The summed E-state index contributed by atoms with van der Waals surface area (Å²) in [5.41, 5.74) is 6.77. The normalized spacial score (nSPS) is 11.3. The average molecular weight is 307 g/mol. The summed E-state index contributed by atoms with van der Waals surface area (Å²) in [4.78, 5) is 11.6. The van der Waals surface area contributed by atoms with Crippen molar-refractivity contribution in [3.8, 4) is 0 Å². The molecule has 0 aliphatic heterocycles. The number of hydrogen-bond donors (Lipinski definition) is 2. The van der Waals surface area contributed by atoms with E-state index in [1.165, 1.54) is 29.0 Å². The first-order chi connectivity index (χ1) is 9.83. The van der Waals surface area contributed by atoms with Crippen LogP contribution in [0.1, 0.15) is 12.5 Å². The minimum Gasteiger partial charge on any atom is -0.399 e. The molecule has 1 heterocycles. The summed E-state index contributed by atoms with van der Waals surface area (Å²) in [5, 5.41) is 0. The molecule has 6 nitrogen and oxygen atoms in total. The largest absolute Gasteiger partial charge is 0.399 e. The lowest BCUT2D eigenvalue weighted by Crippen LogP contribution is -2.20. The molecule has 1 aromatic heterocycles. The van der Waals surface area contributed by atoms with Gasteiger partial charge in [-0.1, -0.05) is 6.07 Å². The fourth-order valence-electron chi connectivity index (χ4n) is 1.96. The highest BCUT2D eigenvalue weighted by atomic mass is 32.2. The Kier molecular flexibility index (Phi) is 4.04. The van der Waals surface area contributed by atoms with E-state index in [9.17, 15) is 13.2 Å². The van der Waals surface area contributed by atoms with Gasteiger partial charge in [-0.25, -0.2) is 8.42 Å². The Bertz CT molecular complexity index is 826. The van der Waals surface area contributed by atoms with Crippen LogP contribution in [0.5, 0.6) is 0 Å². The van der Waals surface area contributed by atoms with Gasteiger partial charge in [-0.2, -0.15) is 0 Å². The zero-order valence-electron chi connectivity index (χ0n) is 11.8. The number of sulfonamides is 1. The van der Waals surface area contributed by atoms with Gasteiger partial charge in [-0.05, 0) is 37.6 Å². The van der Waals surface area contributed by atoms with Crippen LogP contribution in [0.25, 0.3) is 0 Å². The Morgan fingerprint density at radius 1 is 1.24 bits per heavy atom. The Balaban J connectivity index is 2.42. The second-order valence-electron chi connectivity index (χ2n) is 4.67. The van der Waals surface area contributed by atoms with E-state index >= 15 is 0 Å². The van der Waals surface area contributed by atoms with E-state index < -0.39 is 10.0 Å². The molecule has 0 radical (unpaired) electrons. The van der Waals surface area contributed by atoms with Gasteiger partial charge in [0.25, 0.3) is 15.6 Å². The monoisotopic (exact) mass is 307 g/mol. The van der Waals surface area contributed by atoms with Crippen molar-refractivity contribution in [2.75, 3.05) is 10.5 Å². The lowest BCUT2D eigenvalue weighted by molar-refractivity contribution is 0.600. The van der Waals surface area contributed by atoms with E-state index in [0.29, 0.717) is 23.5 Å². The topological polar surface area (TPSA) is 94.2 Å².